The fourth-order valence-electron chi connectivity index (χ4n) is 0.613. The zero-order valence-corrected chi connectivity index (χ0v) is 8.38. The van der Waals surface area contributed by atoms with Crippen LogP contribution in [0.15, 0.2) is 0 Å². The van der Waals surface area contributed by atoms with E-state index in [4.69, 9.17) is 26.1 Å². The highest BCUT2D eigenvalue weighted by Gasteiger charge is 2.25. The quantitative estimate of drug-likeness (QED) is 0.524. The first kappa shape index (κ1) is 9.50. The Kier molecular flexibility index (Phi) is 3.83. The van der Waals surface area contributed by atoms with Gasteiger partial charge in [-0.25, -0.2) is 0 Å². The molecule has 3 nitrogen and oxygen atoms in total. The van der Waals surface area contributed by atoms with E-state index in [1.165, 1.54) is 0 Å². The zero-order chi connectivity index (χ0) is 8.16. The van der Waals surface area contributed by atoms with Crippen LogP contribution in [0.2, 0.25) is 0 Å². The second-order valence-electron chi connectivity index (χ2n) is 1.85. The van der Waals surface area contributed by atoms with Crippen LogP contribution >= 0.6 is 17.1 Å². The van der Waals surface area contributed by atoms with Crippen LogP contribution in [0.3, 0.4) is 0 Å². The molecule has 0 amide bonds. The number of rotatable bonds is 3. The molecule has 1 heterocycles. The minimum atomic E-state index is -2.00. The van der Waals surface area contributed by atoms with Gasteiger partial charge in [0, 0.05) is 5.75 Å². The van der Waals surface area contributed by atoms with Crippen LogP contribution < -0.4 is 0 Å². The van der Waals surface area contributed by atoms with E-state index in [1.54, 1.807) is 11.4 Å². The first-order valence-corrected chi connectivity index (χ1v) is 7.40. The van der Waals surface area contributed by atoms with Crippen LogP contribution in [-0.4, -0.2) is 19.0 Å². The second-order valence-corrected chi connectivity index (χ2v) is 8.28. The summed E-state index contributed by atoms with van der Waals surface area (Å²) >= 11 is 6.67. The molecular formula is C5H8NO2PS2. The fraction of sp³-hybridized carbons (Fsp3) is 0.800. The summed E-state index contributed by atoms with van der Waals surface area (Å²) in [7, 11) is 0. The molecule has 0 N–H and O–H groups in total. The Labute approximate surface area is 75.0 Å². The molecule has 0 aliphatic carbocycles. The Bertz CT molecular complexity index is 205. The smallest absolute Gasteiger partial charge is 0.247 e. The molecule has 0 aromatic rings. The van der Waals surface area contributed by atoms with Gasteiger partial charge in [-0.15, -0.1) is 0 Å². The van der Waals surface area contributed by atoms with Gasteiger partial charge in [0.1, 0.15) is 0 Å². The molecule has 1 fully saturated rings. The van der Waals surface area contributed by atoms with Gasteiger partial charge in [-0.05, 0) is 11.8 Å². The molecule has 1 unspecified atom stereocenters. The average Bonchev–Trinajstić information content (AvgIpc) is 2.38. The summed E-state index contributed by atoms with van der Waals surface area (Å²) in [6.07, 6.45) is 0.391. The van der Waals surface area contributed by atoms with E-state index in [2.05, 4.69) is 0 Å². The molecule has 62 valence electrons. The third-order valence-electron chi connectivity index (χ3n) is 1.05. The van der Waals surface area contributed by atoms with Gasteiger partial charge in [0.2, 0.25) is 5.69 Å². The molecule has 1 aliphatic rings. The Morgan fingerprint density at radius 2 is 2.64 bits per heavy atom. The summed E-state index contributed by atoms with van der Waals surface area (Å²) in [5.41, 5.74) is -2.00. The van der Waals surface area contributed by atoms with Gasteiger partial charge < -0.3 is 9.05 Å². The maximum Gasteiger partial charge on any atom is 0.247 e. The molecule has 0 bridgehead atoms. The van der Waals surface area contributed by atoms with Crippen LogP contribution in [0.25, 0.3) is 0 Å². The molecular weight excluding hydrogens is 201 g/mol. The average molecular weight is 209 g/mol. The largest absolute Gasteiger partial charge is 0.321 e. The standard InChI is InChI=1S/C5H8NO2PS2/c6-2-1-3-7-9(10)8-4-5-11-9/h1,3-5H2. The van der Waals surface area contributed by atoms with Gasteiger partial charge in [-0.3, -0.25) is 0 Å². The van der Waals surface area contributed by atoms with Gasteiger partial charge in [-0.1, -0.05) is 11.4 Å². The molecule has 6 heteroatoms. The molecule has 1 atom stereocenters. The number of nitriles is 1. The van der Waals surface area contributed by atoms with Crippen LogP contribution in [0.1, 0.15) is 6.42 Å². The first-order chi connectivity index (χ1) is 5.27. The van der Waals surface area contributed by atoms with Crippen molar-refractivity contribution in [1.82, 2.24) is 0 Å². The minimum absolute atomic E-state index is 0.391. The van der Waals surface area contributed by atoms with E-state index in [9.17, 15) is 0 Å². The first-order valence-electron chi connectivity index (χ1n) is 3.17. The molecule has 0 radical (unpaired) electrons. The highest BCUT2D eigenvalue weighted by atomic mass is 32.9. The SMILES string of the molecule is N#CCCOP1(=S)OCCS1. The van der Waals surface area contributed by atoms with E-state index in [0.717, 1.165) is 5.75 Å². The third kappa shape index (κ3) is 3.10. The third-order valence-corrected chi connectivity index (χ3v) is 6.42. The highest BCUT2D eigenvalue weighted by Crippen LogP contribution is 2.64. The maximum absolute atomic E-state index is 8.22. The molecule has 0 saturated carbocycles. The Balaban J connectivity index is 2.25. The van der Waals surface area contributed by atoms with Crippen LogP contribution in [0, 0.1) is 11.3 Å². The summed E-state index contributed by atoms with van der Waals surface area (Å²) in [4.78, 5) is 0. The van der Waals surface area contributed by atoms with Gasteiger partial charge in [0.05, 0.1) is 25.7 Å². The minimum Gasteiger partial charge on any atom is -0.321 e. The molecule has 0 aromatic carbocycles. The summed E-state index contributed by atoms with van der Waals surface area (Å²) in [6, 6.07) is 1.99. The van der Waals surface area contributed by atoms with Crippen LogP contribution in [-0.2, 0) is 20.9 Å². The van der Waals surface area contributed by atoms with E-state index in [-0.39, 0.29) is 0 Å². The van der Waals surface area contributed by atoms with Crippen molar-refractivity contribution in [2.75, 3.05) is 19.0 Å². The Hall–Kier alpha value is 0.410. The van der Waals surface area contributed by atoms with Gasteiger partial charge in [-0.2, -0.15) is 5.26 Å². The van der Waals surface area contributed by atoms with E-state index in [1.807, 2.05) is 6.07 Å². The maximum atomic E-state index is 8.22. The summed E-state index contributed by atoms with van der Waals surface area (Å²) < 4.78 is 10.5. The van der Waals surface area contributed by atoms with Crippen molar-refractivity contribution in [3.05, 3.63) is 0 Å². The molecule has 0 spiro atoms. The molecule has 0 aromatic heterocycles. The Morgan fingerprint density at radius 1 is 1.82 bits per heavy atom. The summed E-state index contributed by atoms with van der Waals surface area (Å²) in [5, 5.41) is 8.22. The topological polar surface area (TPSA) is 42.2 Å². The lowest BCUT2D eigenvalue weighted by Gasteiger charge is -2.11. The van der Waals surface area contributed by atoms with Crippen LogP contribution in [0.5, 0.6) is 0 Å². The summed E-state index contributed by atoms with van der Waals surface area (Å²) in [5.74, 6) is 0.920. The van der Waals surface area contributed by atoms with Gasteiger partial charge in [0.25, 0.3) is 0 Å². The molecule has 1 rings (SSSR count). The predicted octanol–water partition coefficient (Wildman–Crippen LogP) is 1.90. The van der Waals surface area contributed by atoms with Crippen molar-refractivity contribution in [3.8, 4) is 6.07 Å². The highest BCUT2D eigenvalue weighted by molar-refractivity contribution is 8.68. The van der Waals surface area contributed by atoms with Crippen molar-refractivity contribution < 1.29 is 9.05 Å². The van der Waals surface area contributed by atoms with Crippen molar-refractivity contribution >= 4 is 28.9 Å². The van der Waals surface area contributed by atoms with Crippen molar-refractivity contribution in [2.24, 2.45) is 0 Å². The van der Waals surface area contributed by atoms with E-state index >= 15 is 0 Å². The Morgan fingerprint density at radius 3 is 3.18 bits per heavy atom. The molecule has 11 heavy (non-hydrogen) atoms. The van der Waals surface area contributed by atoms with Gasteiger partial charge >= 0.3 is 0 Å². The second kappa shape index (κ2) is 4.44. The molecule has 1 saturated heterocycles. The van der Waals surface area contributed by atoms with Crippen molar-refractivity contribution in [3.63, 3.8) is 0 Å². The zero-order valence-electron chi connectivity index (χ0n) is 5.86. The lowest BCUT2D eigenvalue weighted by Crippen LogP contribution is -1.88. The van der Waals surface area contributed by atoms with Crippen molar-refractivity contribution in [1.29, 1.82) is 5.26 Å². The lowest BCUT2D eigenvalue weighted by molar-refractivity contribution is 0.282. The monoisotopic (exact) mass is 209 g/mol. The van der Waals surface area contributed by atoms with E-state index < -0.39 is 5.69 Å². The summed E-state index contributed by atoms with van der Waals surface area (Å²) in [6.45, 7) is 1.09. The fourth-order valence-corrected chi connectivity index (χ4v) is 4.88. The van der Waals surface area contributed by atoms with Gasteiger partial charge in [0.15, 0.2) is 0 Å². The predicted molar refractivity (Wildman–Crippen MR) is 48.9 cm³/mol. The normalized spacial score (nSPS) is 30.1. The lowest BCUT2D eigenvalue weighted by atomic mass is 10.5. The molecule has 1 aliphatic heterocycles. The van der Waals surface area contributed by atoms with Crippen molar-refractivity contribution in [2.45, 2.75) is 6.42 Å². The number of hydrogen-bond donors (Lipinski definition) is 0. The van der Waals surface area contributed by atoms with Crippen LogP contribution in [0.4, 0.5) is 0 Å². The number of hydrogen-bond acceptors (Lipinski definition) is 5. The van der Waals surface area contributed by atoms with E-state index in [0.29, 0.717) is 19.6 Å². The number of nitrogens with zero attached hydrogens (tertiary/aromatic N) is 1.